The Bertz CT molecular complexity index is 604. The molecule has 104 valence electrons. The second kappa shape index (κ2) is 5.03. The molecule has 0 N–H and O–H groups in total. The number of nitrogens with zero attached hydrogens (tertiary/aromatic N) is 4. The number of rotatable bonds is 2. The van der Waals surface area contributed by atoms with Crippen LogP contribution in [-0.4, -0.2) is 38.8 Å². The van der Waals surface area contributed by atoms with Crippen molar-refractivity contribution in [3.8, 4) is 0 Å². The van der Waals surface area contributed by atoms with E-state index in [4.69, 9.17) is 4.42 Å². The highest BCUT2D eigenvalue weighted by atomic mass is 16.3. The van der Waals surface area contributed by atoms with Crippen LogP contribution in [0.15, 0.2) is 23.1 Å². The number of likely N-dealkylation sites (tertiary alicyclic amines) is 1. The van der Waals surface area contributed by atoms with Gasteiger partial charge in [-0.1, -0.05) is 0 Å². The lowest BCUT2D eigenvalue weighted by Crippen LogP contribution is -2.28. The van der Waals surface area contributed by atoms with Gasteiger partial charge in [0.2, 0.25) is 5.76 Å². The van der Waals surface area contributed by atoms with E-state index in [9.17, 15) is 4.79 Å². The standard InChI is InChI=1S/C14H16N4O2/c1-9-5-10(2)17-13(16-9)11-3-4-18(7-11)14(19)12-6-15-8-20-12/h5-6,8,11H,3-4,7H2,1-2H3/t11-/m1/s1. The van der Waals surface area contributed by atoms with Gasteiger partial charge in [0.15, 0.2) is 6.39 Å². The van der Waals surface area contributed by atoms with Crippen molar-refractivity contribution >= 4 is 5.91 Å². The molecule has 0 saturated carbocycles. The van der Waals surface area contributed by atoms with Crippen molar-refractivity contribution in [2.24, 2.45) is 0 Å². The van der Waals surface area contributed by atoms with Gasteiger partial charge >= 0.3 is 0 Å². The first-order valence-corrected chi connectivity index (χ1v) is 6.63. The van der Waals surface area contributed by atoms with E-state index in [1.165, 1.54) is 12.6 Å². The molecular weight excluding hydrogens is 256 g/mol. The number of carbonyl (C=O) groups excluding carboxylic acids is 1. The molecular formula is C14H16N4O2. The van der Waals surface area contributed by atoms with E-state index in [0.717, 1.165) is 23.6 Å². The van der Waals surface area contributed by atoms with Crippen LogP contribution >= 0.6 is 0 Å². The highest BCUT2D eigenvalue weighted by Crippen LogP contribution is 2.26. The van der Waals surface area contributed by atoms with Crippen molar-refractivity contribution < 1.29 is 9.21 Å². The number of aromatic nitrogens is 3. The molecule has 2 aromatic rings. The number of aryl methyl sites for hydroxylation is 2. The Morgan fingerprint density at radius 1 is 1.35 bits per heavy atom. The summed E-state index contributed by atoms with van der Waals surface area (Å²) >= 11 is 0. The molecule has 1 atom stereocenters. The molecule has 1 fully saturated rings. The van der Waals surface area contributed by atoms with Crippen LogP contribution in [0, 0.1) is 13.8 Å². The predicted molar refractivity (Wildman–Crippen MR) is 71.3 cm³/mol. The quantitative estimate of drug-likeness (QED) is 0.832. The zero-order valence-electron chi connectivity index (χ0n) is 11.5. The topological polar surface area (TPSA) is 72.1 Å². The van der Waals surface area contributed by atoms with Gasteiger partial charge in [-0.25, -0.2) is 15.0 Å². The molecule has 0 unspecified atom stereocenters. The van der Waals surface area contributed by atoms with Crippen molar-refractivity contribution in [3.63, 3.8) is 0 Å². The summed E-state index contributed by atoms with van der Waals surface area (Å²) < 4.78 is 5.05. The maximum atomic E-state index is 12.2. The van der Waals surface area contributed by atoms with Crippen LogP contribution in [0.5, 0.6) is 0 Å². The Morgan fingerprint density at radius 2 is 2.10 bits per heavy atom. The number of oxazole rings is 1. The summed E-state index contributed by atoms with van der Waals surface area (Å²) in [6.07, 6.45) is 3.60. The lowest BCUT2D eigenvalue weighted by atomic mass is 10.1. The van der Waals surface area contributed by atoms with Crippen LogP contribution in [0.4, 0.5) is 0 Å². The average Bonchev–Trinajstić information content (AvgIpc) is 3.09. The van der Waals surface area contributed by atoms with Crippen LogP contribution in [0.2, 0.25) is 0 Å². The van der Waals surface area contributed by atoms with E-state index < -0.39 is 0 Å². The Labute approximate surface area is 116 Å². The summed E-state index contributed by atoms with van der Waals surface area (Å²) in [5.74, 6) is 1.19. The third-order valence-electron chi connectivity index (χ3n) is 3.48. The minimum absolute atomic E-state index is 0.116. The Morgan fingerprint density at radius 3 is 2.75 bits per heavy atom. The van der Waals surface area contributed by atoms with Gasteiger partial charge in [-0.3, -0.25) is 4.79 Å². The van der Waals surface area contributed by atoms with Crippen molar-refractivity contribution in [3.05, 3.63) is 41.6 Å². The molecule has 20 heavy (non-hydrogen) atoms. The average molecular weight is 272 g/mol. The van der Waals surface area contributed by atoms with Crippen LogP contribution in [0.3, 0.4) is 0 Å². The first-order valence-electron chi connectivity index (χ1n) is 6.63. The number of hydrogen-bond donors (Lipinski definition) is 0. The normalized spacial score (nSPS) is 18.5. The molecule has 0 spiro atoms. The highest BCUT2D eigenvalue weighted by molar-refractivity contribution is 5.91. The molecule has 0 radical (unpaired) electrons. The number of hydrogen-bond acceptors (Lipinski definition) is 5. The third-order valence-corrected chi connectivity index (χ3v) is 3.48. The second-order valence-electron chi connectivity index (χ2n) is 5.11. The lowest BCUT2D eigenvalue weighted by molar-refractivity contribution is 0.0759. The maximum Gasteiger partial charge on any atom is 0.291 e. The molecule has 2 aromatic heterocycles. The first-order chi connectivity index (χ1) is 9.63. The summed E-state index contributed by atoms with van der Waals surface area (Å²) in [7, 11) is 0. The Hall–Kier alpha value is -2.24. The molecule has 3 rings (SSSR count). The van der Waals surface area contributed by atoms with E-state index in [0.29, 0.717) is 13.1 Å². The van der Waals surface area contributed by atoms with Gasteiger partial charge in [-0.2, -0.15) is 0 Å². The summed E-state index contributed by atoms with van der Waals surface area (Å²) in [5, 5.41) is 0. The van der Waals surface area contributed by atoms with Gasteiger partial charge < -0.3 is 9.32 Å². The monoisotopic (exact) mass is 272 g/mol. The highest BCUT2D eigenvalue weighted by Gasteiger charge is 2.31. The predicted octanol–water partition coefficient (Wildman–Crippen LogP) is 1.71. The van der Waals surface area contributed by atoms with Gasteiger partial charge in [0, 0.05) is 30.4 Å². The van der Waals surface area contributed by atoms with Gasteiger partial charge in [-0.05, 0) is 26.3 Å². The molecule has 0 aliphatic carbocycles. The molecule has 6 nitrogen and oxygen atoms in total. The van der Waals surface area contributed by atoms with Crippen LogP contribution in [0.25, 0.3) is 0 Å². The second-order valence-corrected chi connectivity index (χ2v) is 5.11. The van der Waals surface area contributed by atoms with Gasteiger partial charge in [0.1, 0.15) is 5.82 Å². The molecule has 1 amide bonds. The fourth-order valence-electron chi connectivity index (χ4n) is 2.57. The molecule has 1 saturated heterocycles. The minimum atomic E-state index is -0.116. The van der Waals surface area contributed by atoms with E-state index in [1.54, 1.807) is 4.90 Å². The van der Waals surface area contributed by atoms with Crippen molar-refractivity contribution in [1.29, 1.82) is 0 Å². The van der Waals surface area contributed by atoms with Crippen molar-refractivity contribution in [1.82, 2.24) is 19.9 Å². The number of carbonyl (C=O) groups is 1. The Balaban J connectivity index is 1.75. The zero-order valence-corrected chi connectivity index (χ0v) is 11.5. The third kappa shape index (κ3) is 2.41. The lowest BCUT2D eigenvalue weighted by Gasteiger charge is -2.14. The van der Waals surface area contributed by atoms with E-state index in [2.05, 4.69) is 15.0 Å². The molecule has 0 bridgehead atoms. The Kier molecular flexibility index (Phi) is 3.22. The van der Waals surface area contributed by atoms with Gasteiger partial charge in [-0.15, -0.1) is 0 Å². The van der Waals surface area contributed by atoms with Gasteiger partial charge in [0.25, 0.3) is 5.91 Å². The minimum Gasteiger partial charge on any atom is -0.438 e. The smallest absolute Gasteiger partial charge is 0.291 e. The first kappa shape index (κ1) is 12.8. The molecule has 1 aliphatic heterocycles. The maximum absolute atomic E-state index is 12.2. The molecule has 6 heteroatoms. The SMILES string of the molecule is Cc1cc(C)nc([C@@H]2CCN(C(=O)c3cnco3)C2)n1. The van der Waals surface area contributed by atoms with Crippen molar-refractivity contribution in [2.75, 3.05) is 13.1 Å². The molecule has 1 aliphatic rings. The van der Waals surface area contributed by atoms with Crippen LogP contribution in [-0.2, 0) is 0 Å². The summed E-state index contributed by atoms with van der Waals surface area (Å²) in [6.45, 7) is 5.25. The van der Waals surface area contributed by atoms with Crippen molar-refractivity contribution in [2.45, 2.75) is 26.2 Å². The largest absolute Gasteiger partial charge is 0.438 e. The molecule has 0 aromatic carbocycles. The molecule has 3 heterocycles. The summed E-state index contributed by atoms with van der Waals surface area (Å²) in [6, 6.07) is 1.95. The number of amides is 1. The van der Waals surface area contributed by atoms with Crippen LogP contribution in [0.1, 0.15) is 40.1 Å². The van der Waals surface area contributed by atoms with Crippen LogP contribution < -0.4 is 0 Å². The van der Waals surface area contributed by atoms with Gasteiger partial charge in [0.05, 0.1) is 6.20 Å². The van der Waals surface area contributed by atoms with E-state index in [-0.39, 0.29) is 17.6 Å². The van der Waals surface area contributed by atoms with E-state index in [1.807, 2.05) is 19.9 Å². The summed E-state index contributed by atoms with van der Waals surface area (Å²) in [4.78, 5) is 26.7. The fourth-order valence-corrected chi connectivity index (χ4v) is 2.57. The van der Waals surface area contributed by atoms with E-state index >= 15 is 0 Å². The zero-order chi connectivity index (χ0) is 14.1. The summed E-state index contributed by atoms with van der Waals surface area (Å²) in [5.41, 5.74) is 1.93. The fraction of sp³-hybridized carbons (Fsp3) is 0.429.